The molecule has 3 aromatic carbocycles. The number of nitrogens with one attached hydrogen (secondary N) is 1. The molecule has 1 aromatic heterocycles. The number of amides is 3. The van der Waals surface area contributed by atoms with Crippen LogP contribution in [0.1, 0.15) is 28.3 Å². The normalized spacial score (nSPS) is 19.1. The molecule has 1 saturated heterocycles. The van der Waals surface area contributed by atoms with E-state index < -0.39 is 11.7 Å². The molecular weight excluding hydrogens is 565 g/mol. The fraction of sp³-hybridized carbons (Fsp3) is 0.333. The van der Waals surface area contributed by atoms with Crippen molar-refractivity contribution in [1.29, 1.82) is 0 Å². The molecule has 3 amide bonds. The van der Waals surface area contributed by atoms with Gasteiger partial charge in [-0.25, -0.2) is 4.39 Å². The summed E-state index contributed by atoms with van der Waals surface area (Å²) in [5.74, 6) is -0.710. The summed E-state index contributed by atoms with van der Waals surface area (Å²) >= 11 is 0. The molecule has 1 N–H and O–H groups in total. The van der Waals surface area contributed by atoms with E-state index in [9.17, 15) is 18.8 Å². The van der Waals surface area contributed by atoms with Crippen LogP contribution in [0.25, 0.3) is 10.9 Å². The molecule has 2 aliphatic rings. The van der Waals surface area contributed by atoms with Crippen molar-refractivity contribution in [2.45, 2.75) is 18.9 Å². The molecule has 2 bridgehead atoms. The largest absolute Gasteiger partial charge is 0.493 e. The number of ether oxygens (including phenoxy) is 2. The summed E-state index contributed by atoms with van der Waals surface area (Å²) in [7, 11) is 1.55. The van der Waals surface area contributed by atoms with Crippen molar-refractivity contribution in [3.8, 4) is 11.5 Å². The minimum absolute atomic E-state index is 0.0837. The van der Waals surface area contributed by atoms with Crippen LogP contribution in [0.5, 0.6) is 11.5 Å². The molecule has 1 fully saturated rings. The number of hydrogen-bond donors (Lipinski definition) is 1. The van der Waals surface area contributed by atoms with Crippen LogP contribution in [-0.2, 0) is 16.1 Å². The lowest BCUT2D eigenvalue weighted by Crippen LogP contribution is -2.40. The van der Waals surface area contributed by atoms with Gasteiger partial charge in [0.25, 0.3) is 5.91 Å². The Morgan fingerprint density at radius 3 is 2.64 bits per heavy atom. The zero-order chi connectivity index (χ0) is 30.6. The van der Waals surface area contributed by atoms with Crippen LogP contribution in [0.4, 0.5) is 4.39 Å². The average Bonchev–Trinajstić information content (AvgIpc) is 3.67. The summed E-state index contributed by atoms with van der Waals surface area (Å²) in [6, 6.07) is 18.7. The van der Waals surface area contributed by atoms with Crippen LogP contribution >= 0.6 is 0 Å². The number of aromatic nitrogens is 2. The van der Waals surface area contributed by atoms with Crippen LogP contribution in [0.3, 0.4) is 0 Å². The highest BCUT2D eigenvalue weighted by Crippen LogP contribution is 2.38. The molecule has 0 aliphatic carbocycles. The number of para-hydroxylation sites is 1. The van der Waals surface area contributed by atoms with E-state index in [0.29, 0.717) is 49.7 Å². The SMILES string of the molecule is COc1ccc2cc1OCCN(C(=O)Cn1ncc3ccccc31)CCCNC(=O)[C@H]1CN(C(=O)c3ccc(F)cc3)C[C@H]21. The molecule has 2 aliphatic heterocycles. The minimum atomic E-state index is -0.505. The molecule has 3 heterocycles. The molecular formula is C33H34FN5O5. The third-order valence-corrected chi connectivity index (χ3v) is 8.36. The van der Waals surface area contributed by atoms with Crippen molar-refractivity contribution >= 4 is 28.6 Å². The van der Waals surface area contributed by atoms with Crippen molar-refractivity contribution in [3.63, 3.8) is 0 Å². The maximum Gasteiger partial charge on any atom is 0.253 e. The van der Waals surface area contributed by atoms with Gasteiger partial charge < -0.3 is 24.6 Å². The van der Waals surface area contributed by atoms with Gasteiger partial charge in [0.05, 0.1) is 31.3 Å². The first-order valence-electron chi connectivity index (χ1n) is 14.7. The lowest BCUT2D eigenvalue weighted by Gasteiger charge is -2.25. The third-order valence-electron chi connectivity index (χ3n) is 8.36. The van der Waals surface area contributed by atoms with Gasteiger partial charge in [0, 0.05) is 43.0 Å². The van der Waals surface area contributed by atoms with Gasteiger partial charge in [-0.05, 0) is 54.4 Å². The van der Waals surface area contributed by atoms with Gasteiger partial charge >= 0.3 is 0 Å². The zero-order valence-corrected chi connectivity index (χ0v) is 24.4. The van der Waals surface area contributed by atoms with Crippen molar-refractivity contribution in [3.05, 3.63) is 89.9 Å². The average molecular weight is 600 g/mol. The maximum absolute atomic E-state index is 13.5. The summed E-state index contributed by atoms with van der Waals surface area (Å²) in [4.78, 5) is 43.7. The second kappa shape index (κ2) is 12.7. The van der Waals surface area contributed by atoms with E-state index in [1.807, 2.05) is 36.4 Å². The van der Waals surface area contributed by atoms with Gasteiger partial charge in [0.2, 0.25) is 11.8 Å². The summed E-state index contributed by atoms with van der Waals surface area (Å²) in [6.07, 6.45) is 2.29. The first-order valence-corrected chi connectivity index (χ1v) is 14.7. The van der Waals surface area contributed by atoms with Crippen LogP contribution < -0.4 is 14.8 Å². The molecule has 4 aromatic rings. The minimum Gasteiger partial charge on any atom is -0.493 e. The van der Waals surface area contributed by atoms with E-state index in [2.05, 4.69) is 10.4 Å². The highest BCUT2D eigenvalue weighted by Gasteiger charge is 2.41. The summed E-state index contributed by atoms with van der Waals surface area (Å²) < 4.78 is 26.9. The van der Waals surface area contributed by atoms with Crippen LogP contribution in [0.2, 0.25) is 0 Å². The summed E-state index contributed by atoms with van der Waals surface area (Å²) in [5, 5.41) is 8.39. The molecule has 228 valence electrons. The lowest BCUT2D eigenvalue weighted by molar-refractivity contribution is -0.132. The monoisotopic (exact) mass is 599 g/mol. The number of carbonyl (C=O) groups excluding carboxylic acids is 3. The Morgan fingerprint density at radius 2 is 1.82 bits per heavy atom. The number of rotatable bonds is 4. The lowest BCUT2D eigenvalue weighted by atomic mass is 9.88. The Hall–Kier alpha value is -4.93. The zero-order valence-electron chi connectivity index (χ0n) is 24.4. The van der Waals surface area contributed by atoms with E-state index in [1.165, 1.54) is 24.3 Å². The van der Waals surface area contributed by atoms with Gasteiger partial charge in [-0.1, -0.05) is 24.3 Å². The van der Waals surface area contributed by atoms with Crippen molar-refractivity contribution in [1.82, 2.24) is 24.9 Å². The third kappa shape index (κ3) is 6.08. The van der Waals surface area contributed by atoms with Gasteiger partial charge in [-0.15, -0.1) is 0 Å². The first kappa shape index (κ1) is 29.2. The van der Waals surface area contributed by atoms with Crippen LogP contribution in [0.15, 0.2) is 72.9 Å². The Kier molecular flexibility index (Phi) is 8.44. The fourth-order valence-electron chi connectivity index (χ4n) is 6.00. The van der Waals surface area contributed by atoms with Gasteiger partial charge in [-0.2, -0.15) is 5.10 Å². The molecule has 0 unspecified atom stereocenters. The Morgan fingerprint density at radius 1 is 1.02 bits per heavy atom. The molecule has 10 nitrogen and oxygen atoms in total. The van der Waals surface area contributed by atoms with E-state index in [0.717, 1.165) is 16.5 Å². The highest BCUT2D eigenvalue weighted by atomic mass is 19.1. The van der Waals surface area contributed by atoms with E-state index in [1.54, 1.807) is 33.9 Å². The number of nitrogens with zero attached hydrogens (tertiary/aromatic N) is 4. The molecule has 0 spiro atoms. The predicted octanol–water partition coefficient (Wildman–Crippen LogP) is 3.47. The van der Waals surface area contributed by atoms with Gasteiger partial charge in [0.15, 0.2) is 11.5 Å². The topological polar surface area (TPSA) is 106 Å². The van der Waals surface area contributed by atoms with Crippen molar-refractivity contribution in [2.75, 3.05) is 46.4 Å². The van der Waals surface area contributed by atoms with Gasteiger partial charge in [0.1, 0.15) is 19.0 Å². The van der Waals surface area contributed by atoms with Crippen LogP contribution in [0, 0.1) is 11.7 Å². The molecule has 2 atom stereocenters. The number of methoxy groups -OCH3 is 1. The number of benzene rings is 3. The van der Waals surface area contributed by atoms with Crippen molar-refractivity contribution in [2.24, 2.45) is 5.92 Å². The summed E-state index contributed by atoms with van der Waals surface area (Å²) in [5.41, 5.74) is 2.08. The van der Waals surface area contributed by atoms with E-state index >= 15 is 0 Å². The number of likely N-dealkylation sites (tertiary alicyclic amines) is 1. The fourth-order valence-corrected chi connectivity index (χ4v) is 6.00. The molecule has 0 radical (unpaired) electrons. The highest BCUT2D eigenvalue weighted by molar-refractivity contribution is 5.95. The van der Waals surface area contributed by atoms with Gasteiger partial charge in [-0.3, -0.25) is 19.1 Å². The van der Waals surface area contributed by atoms with E-state index in [-0.39, 0.29) is 43.3 Å². The molecule has 11 heteroatoms. The summed E-state index contributed by atoms with van der Waals surface area (Å²) in [6.45, 7) is 1.99. The Bertz CT molecular complexity index is 1670. The Labute approximate surface area is 254 Å². The van der Waals surface area contributed by atoms with E-state index in [4.69, 9.17) is 9.47 Å². The first-order chi connectivity index (χ1) is 21.4. The number of fused-ring (bicyclic) bond motifs is 5. The van der Waals surface area contributed by atoms with Crippen LogP contribution in [-0.4, -0.2) is 83.7 Å². The molecule has 6 rings (SSSR count). The smallest absolute Gasteiger partial charge is 0.253 e. The molecule has 44 heavy (non-hydrogen) atoms. The van der Waals surface area contributed by atoms with Crippen molar-refractivity contribution < 1.29 is 28.2 Å². The quantitative estimate of drug-likeness (QED) is 0.385. The second-order valence-corrected chi connectivity index (χ2v) is 11.1. The Balaban J connectivity index is 1.22. The molecule has 0 saturated carbocycles. The standard InChI is InChI=1S/C33H34FN5O5/c1-43-29-12-9-23-17-30(29)44-16-15-37(31(40)21-39-28-6-3-2-5-24(28)18-36-39)14-4-13-35-32(41)27-20-38(19-26(23)27)33(42)22-7-10-25(34)11-8-22/h2-3,5-12,17-18,26-27H,4,13-16,19-21H2,1H3,(H,35,41)/t26-,27+/m1/s1. The number of hydrogen-bond acceptors (Lipinski definition) is 6. The number of halogens is 1. The predicted molar refractivity (Wildman–Crippen MR) is 161 cm³/mol. The number of carbonyl (C=O) groups is 3. The second-order valence-electron chi connectivity index (χ2n) is 11.1. The maximum atomic E-state index is 13.5.